The van der Waals surface area contributed by atoms with E-state index in [-0.39, 0.29) is 30.8 Å². The van der Waals surface area contributed by atoms with Gasteiger partial charge in [0.1, 0.15) is 13.1 Å². The lowest BCUT2D eigenvalue weighted by Crippen LogP contribution is -2.54. The molecule has 0 unspecified atom stereocenters. The summed E-state index contributed by atoms with van der Waals surface area (Å²) in [5, 5.41) is 17.6. The monoisotopic (exact) mass is 228 g/mol. The number of hydrogen-bond acceptors (Lipinski definition) is 4. The van der Waals surface area contributed by atoms with Gasteiger partial charge >= 0.3 is 10.1 Å². The molecule has 0 fully saturated rings. The van der Waals surface area contributed by atoms with Crippen LogP contribution in [0.5, 0.6) is 0 Å². The zero-order chi connectivity index (χ0) is 11.2. The van der Waals surface area contributed by atoms with Crippen LogP contribution in [0.3, 0.4) is 0 Å². The Balaban J connectivity index is 4.65. The number of likely N-dealkylation sites (N-methyl/N-ethyl adjacent to an activating group) is 1. The highest BCUT2D eigenvalue weighted by atomic mass is 32.2. The molecule has 0 bridgehead atoms. The summed E-state index contributed by atoms with van der Waals surface area (Å²) in [5.74, 6) is -0.468. The first-order chi connectivity index (χ1) is 6.39. The minimum atomic E-state index is -4.09. The predicted molar refractivity (Wildman–Crippen MR) is 51.1 cm³/mol. The Hall–Kier alpha value is -0.210. The Labute approximate surface area is 84.1 Å². The molecule has 0 aromatic carbocycles. The molecule has 6 nitrogen and oxygen atoms in total. The molecule has 0 aromatic heterocycles. The fourth-order valence-electron chi connectivity index (χ4n) is 1.42. The van der Waals surface area contributed by atoms with Gasteiger partial charge in [0.15, 0.2) is 0 Å². The highest BCUT2D eigenvalue weighted by molar-refractivity contribution is 7.85. The first-order valence-corrected chi connectivity index (χ1v) is 6.02. The van der Waals surface area contributed by atoms with Gasteiger partial charge in [0, 0.05) is 0 Å². The van der Waals surface area contributed by atoms with Crippen molar-refractivity contribution >= 4 is 10.1 Å². The maximum Gasteiger partial charge on any atom is 0.316 e. The van der Waals surface area contributed by atoms with E-state index in [2.05, 4.69) is 0 Å². The van der Waals surface area contributed by atoms with Crippen molar-refractivity contribution in [3.63, 3.8) is 0 Å². The summed E-state index contributed by atoms with van der Waals surface area (Å²) >= 11 is 0. The molecule has 0 heterocycles. The average molecular weight is 228 g/mol. The summed E-state index contributed by atoms with van der Waals surface area (Å²) in [6, 6.07) is 0. The third-order valence-electron chi connectivity index (χ3n) is 2.26. The van der Waals surface area contributed by atoms with Gasteiger partial charge in [0.2, 0.25) is 5.88 Å². The van der Waals surface area contributed by atoms with Crippen molar-refractivity contribution < 1.29 is 27.7 Å². The third kappa shape index (κ3) is 4.87. The lowest BCUT2D eigenvalue weighted by molar-refractivity contribution is -0.916. The number of aliphatic hydroxyl groups is 2. The Bertz CT molecular complexity index is 245. The van der Waals surface area contributed by atoms with Gasteiger partial charge in [-0.05, 0) is 6.92 Å². The van der Waals surface area contributed by atoms with Gasteiger partial charge in [0.05, 0.1) is 19.8 Å². The van der Waals surface area contributed by atoms with E-state index in [0.29, 0.717) is 6.54 Å². The second-order valence-corrected chi connectivity index (χ2v) is 4.69. The van der Waals surface area contributed by atoms with E-state index in [4.69, 9.17) is 14.8 Å². The van der Waals surface area contributed by atoms with Crippen LogP contribution in [0.15, 0.2) is 0 Å². The Morgan fingerprint density at radius 1 is 1.14 bits per heavy atom. The molecule has 7 heteroatoms. The van der Waals surface area contributed by atoms with Crippen molar-refractivity contribution in [2.75, 3.05) is 38.7 Å². The van der Waals surface area contributed by atoms with E-state index in [1.165, 1.54) is 0 Å². The second-order valence-electron chi connectivity index (χ2n) is 3.26. The smallest absolute Gasteiger partial charge is 0.316 e. The summed E-state index contributed by atoms with van der Waals surface area (Å²) in [7, 11) is -4.09. The van der Waals surface area contributed by atoms with Crippen LogP contribution in [-0.2, 0) is 10.1 Å². The zero-order valence-corrected chi connectivity index (χ0v) is 9.07. The Morgan fingerprint density at radius 3 is 1.79 bits per heavy atom. The molecule has 3 N–H and O–H groups in total. The van der Waals surface area contributed by atoms with Gasteiger partial charge in [-0.1, -0.05) is 0 Å². The minimum Gasteiger partial charge on any atom is -0.391 e. The Kier molecular flexibility index (Phi) is 5.53. The third-order valence-corrected chi connectivity index (χ3v) is 3.13. The first kappa shape index (κ1) is 13.8. The van der Waals surface area contributed by atoms with E-state index in [1.807, 2.05) is 0 Å². The van der Waals surface area contributed by atoms with Gasteiger partial charge in [-0.25, -0.2) is 0 Å². The number of aliphatic hydroxyl groups excluding tert-OH is 2. The van der Waals surface area contributed by atoms with Gasteiger partial charge in [-0.15, -0.1) is 0 Å². The van der Waals surface area contributed by atoms with Gasteiger partial charge in [-0.3, -0.25) is 4.55 Å². The highest BCUT2D eigenvalue weighted by Gasteiger charge is 2.30. The largest absolute Gasteiger partial charge is 0.391 e. The molecule has 0 radical (unpaired) electrons. The predicted octanol–water partition coefficient (Wildman–Crippen LogP) is -1.35. The molecule has 0 atom stereocenters. The Morgan fingerprint density at radius 2 is 1.57 bits per heavy atom. The lowest BCUT2D eigenvalue weighted by atomic mass is 10.4. The van der Waals surface area contributed by atoms with E-state index >= 15 is 0 Å². The molecule has 0 aromatic rings. The molecule has 0 spiro atoms. The van der Waals surface area contributed by atoms with Crippen LogP contribution >= 0.6 is 0 Å². The van der Waals surface area contributed by atoms with Crippen molar-refractivity contribution in [1.29, 1.82) is 0 Å². The highest BCUT2D eigenvalue weighted by Crippen LogP contribution is 2.08. The summed E-state index contributed by atoms with van der Waals surface area (Å²) in [4.78, 5) is 0. The van der Waals surface area contributed by atoms with E-state index < -0.39 is 16.0 Å². The maximum absolute atomic E-state index is 10.7. The van der Waals surface area contributed by atoms with Crippen LogP contribution in [0.1, 0.15) is 6.92 Å². The van der Waals surface area contributed by atoms with Crippen LogP contribution in [0, 0.1) is 0 Å². The lowest BCUT2D eigenvalue weighted by Gasteiger charge is -2.35. The SMILES string of the molecule is CC[N+](CCO)(CCO)CS(=O)(=O)O. The maximum atomic E-state index is 10.7. The fraction of sp³-hybridized carbons (Fsp3) is 1.00. The van der Waals surface area contributed by atoms with E-state index in [0.717, 1.165) is 0 Å². The molecule has 0 aliphatic rings. The van der Waals surface area contributed by atoms with Crippen molar-refractivity contribution in [2.45, 2.75) is 6.92 Å². The van der Waals surface area contributed by atoms with Crippen molar-refractivity contribution in [3.8, 4) is 0 Å². The summed E-state index contributed by atoms with van der Waals surface area (Å²) in [5.41, 5.74) is 0. The van der Waals surface area contributed by atoms with E-state index in [9.17, 15) is 8.42 Å². The molecule has 0 saturated heterocycles. The fourth-order valence-corrected chi connectivity index (χ4v) is 2.55. The molecule has 14 heavy (non-hydrogen) atoms. The van der Waals surface area contributed by atoms with E-state index in [1.54, 1.807) is 6.92 Å². The molecule has 0 aliphatic heterocycles. The van der Waals surface area contributed by atoms with Crippen molar-refractivity contribution in [1.82, 2.24) is 0 Å². The van der Waals surface area contributed by atoms with Gasteiger partial charge in [0.25, 0.3) is 0 Å². The van der Waals surface area contributed by atoms with Gasteiger partial charge < -0.3 is 14.7 Å². The van der Waals surface area contributed by atoms with Crippen molar-refractivity contribution in [3.05, 3.63) is 0 Å². The standard InChI is InChI=1S/C7H17NO5S/c1-2-8(3-5-9,4-6-10)7-14(11,12)13/h9-10H,2-7H2,1H3/p+1. The van der Waals surface area contributed by atoms with Crippen LogP contribution in [0.2, 0.25) is 0 Å². The minimum absolute atomic E-state index is 0.0220. The summed E-state index contributed by atoms with van der Waals surface area (Å²) in [6.45, 7) is 2.23. The number of quaternary nitrogens is 1. The molecule has 86 valence electrons. The topological polar surface area (TPSA) is 94.8 Å². The van der Waals surface area contributed by atoms with Crippen molar-refractivity contribution in [2.24, 2.45) is 0 Å². The molecule has 0 aliphatic carbocycles. The molecular weight excluding hydrogens is 210 g/mol. The number of hydrogen-bond donors (Lipinski definition) is 3. The van der Waals surface area contributed by atoms with Crippen LogP contribution in [0.25, 0.3) is 0 Å². The molecule has 0 rings (SSSR count). The molecule has 0 amide bonds. The molecule has 0 saturated carbocycles. The normalized spacial score (nSPS) is 13.1. The van der Waals surface area contributed by atoms with Crippen LogP contribution in [-0.4, -0.2) is 66.4 Å². The second kappa shape index (κ2) is 5.62. The number of nitrogens with zero attached hydrogens (tertiary/aromatic N) is 1. The zero-order valence-electron chi connectivity index (χ0n) is 8.26. The number of rotatable bonds is 7. The van der Waals surface area contributed by atoms with Crippen LogP contribution < -0.4 is 0 Å². The molecular formula is C7H18NO5S+. The average Bonchev–Trinajstić information content (AvgIpc) is 2.02. The van der Waals surface area contributed by atoms with Crippen LogP contribution in [0.4, 0.5) is 0 Å². The van der Waals surface area contributed by atoms with Gasteiger partial charge in [-0.2, -0.15) is 8.42 Å². The summed E-state index contributed by atoms with van der Waals surface area (Å²) in [6.07, 6.45) is 0. The quantitative estimate of drug-likeness (QED) is 0.370. The first-order valence-electron chi connectivity index (χ1n) is 4.41. The summed E-state index contributed by atoms with van der Waals surface area (Å²) < 4.78 is 30.2.